The van der Waals surface area contributed by atoms with Gasteiger partial charge in [-0.3, -0.25) is 4.79 Å². The highest BCUT2D eigenvalue weighted by molar-refractivity contribution is 14.1. The van der Waals surface area contributed by atoms with Crippen LogP contribution < -0.4 is 5.32 Å². The number of nitrogens with one attached hydrogen (secondary N) is 1. The first-order valence-corrected chi connectivity index (χ1v) is 9.29. The number of fused-ring (bicyclic) bond motifs is 1. The molecule has 4 rings (SSSR count). The second-order valence-electron chi connectivity index (χ2n) is 6.13. The number of rotatable bonds is 3. The molecule has 128 valence electrons. The average molecular weight is 453 g/mol. The molecule has 2 heterocycles. The quantitative estimate of drug-likeness (QED) is 0.436. The smallest absolute Gasteiger partial charge is 0.255 e. The van der Waals surface area contributed by atoms with Crippen LogP contribution in [0.3, 0.4) is 0 Å². The zero-order valence-corrected chi connectivity index (χ0v) is 16.3. The monoisotopic (exact) mass is 453 g/mol. The molecular weight excluding hydrogens is 437 g/mol. The summed E-state index contributed by atoms with van der Waals surface area (Å²) in [5.41, 5.74) is 5.44. The van der Waals surface area contributed by atoms with Crippen molar-refractivity contribution >= 4 is 39.8 Å². The number of benzene rings is 2. The van der Waals surface area contributed by atoms with E-state index in [1.54, 1.807) is 0 Å². The van der Waals surface area contributed by atoms with E-state index in [0.29, 0.717) is 5.56 Å². The summed E-state index contributed by atoms with van der Waals surface area (Å²) in [6.45, 7) is 2.06. The van der Waals surface area contributed by atoms with Crippen LogP contribution in [0.5, 0.6) is 0 Å². The predicted octanol–water partition coefficient (Wildman–Crippen LogP) is 5.17. The summed E-state index contributed by atoms with van der Waals surface area (Å²) in [5, 5.41) is 2.92. The van der Waals surface area contributed by atoms with Crippen molar-refractivity contribution < 1.29 is 4.79 Å². The minimum absolute atomic E-state index is 0.114. The fourth-order valence-corrected chi connectivity index (χ4v) is 3.11. The summed E-state index contributed by atoms with van der Waals surface area (Å²) in [7, 11) is 0. The maximum absolute atomic E-state index is 12.3. The first kappa shape index (κ1) is 16.8. The Bertz CT molecular complexity index is 1080. The number of hydrogen-bond acceptors (Lipinski definition) is 2. The van der Waals surface area contributed by atoms with Gasteiger partial charge in [0.1, 0.15) is 5.65 Å². The van der Waals surface area contributed by atoms with Crippen molar-refractivity contribution in [2.75, 3.05) is 5.32 Å². The molecule has 0 saturated heterocycles. The number of carbonyl (C=O) groups excluding carboxylic acids is 1. The number of aryl methyl sites for hydroxylation is 1. The fourth-order valence-electron chi connectivity index (χ4n) is 2.75. The zero-order valence-electron chi connectivity index (χ0n) is 14.1. The van der Waals surface area contributed by atoms with Crippen molar-refractivity contribution in [3.8, 4) is 11.3 Å². The minimum Gasteiger partial charge on any atom is -0.322 e. The second kappa shape index (κ2) is 6.92. The Labute approximate surface area is 165 Å². The first-order valence-electron chi connectivity index (χ1n) is 8.21. The van der Waals surface area contributed by atoms with Crippen LogP contribution in [-0.2, 0) is 0 Å². The maximum atomic E-state index is 12.3. The third-order valence-electron chi connectivity index (χ3n) is 4.16. The summed E-state index contributed by atoms with van der Waals surface area (Å²) in [5.74, 6) is -0.114. The van der Waals surface area contributed by atoms with E-state index in [1.165, 1.54) is 5.56 Å². The lowest BCUT2D eigenvalue weighted by atomic mass is 10.1. The van der Waals surface area contributed by atoms with Crippen LogP contribution in [-0.4, -0.2) is 15.3 Å². The Kier molecular flexibility index (Phi) is 4.46. The molecule has 0 radical (unpaired) electrons. The topological polar surface area (TPSA) is 46.4 Å². The largest absolute Gasteiger partial charge is 0.322 e. The number of hydrogen-bond donors (Lipinski definition) is 1. The number of imidazole rings is 1. The van der Waals surface area contributed by atoms with Gasteiger partial charge in [-0.25, -0.2) is 4.98 Å². The van der Waals surface area contributed by atoms with Gasteiger partial charge in [0.05, 0.1) is 5.69 Å². The fraction of sp³-hybridized carbons (Fsp3) is 0.0476. The van der Waals surface area contributed by atoms with Gasteiger partial charge in [0.2, 0.25) is 0 Å². The van der Waals surface area contributed by atoms with Crippen molar-refractivity contribution in [2.45, 2.75) is 6.92 Å². The van der Waals surface area contributed by atoms with E-state index in [9.17, 15) is 4.79 Å². The summed E-state index contributed by atoms with van der Waals surface area (Å²) in [6.07, 6.45) is 4.02. The molecule has 2 aromatic carbocycles. The van der Waals surface area contributed by atoms with Crippen molar-refractivity contribution in [1.82, 2.24) is 9.38 Å². The third kappa shape index (κ3) is 3.48. The number of aromatic nitrogens is 2. The molecular formula is C21H16IN3O. The Hall–Kier alpha value is -2.67. The van der Waals surface area contributed by atoms with Crippen LogP contribution in [0.1, 0.15) is 15.9 Å². The molecule has 5 heteroatoms. The molecule has 26 heavy (non-hydrogen) atoms. The Balaban J connectivity index is 1.54. The van der Waals surface area contributed by atoms with E-state index in [2.05, 4.69) is 51.9 Å². The molecule has 0 unspecified atom stereocenters. The molecule has 2 aromatic heterocycles. The predicted molar refractivity (Wildman–Crippen MR) is 112 cm³/mol. The van der Waals surface area contributed by atoms with E-state index in [-0.39, 0.29) is 5.91 Å². The highest BCUT2D eigenvalue weighted by Gasteiger charge is 2.08. The molecule has 0 saturated carbocycles. The van der Waals surface area contributed by atoms with E-state index in [4.69, 9.17) is 0 Å². The Morgan fingerprint density at radius 1 is 1.04 bits per heavy atom. The van der Waals surface area contributed by atoms with Gasteiger partial charge in [-0.1, -0.05) is 12.1 Å². The number of anilines is 1. The van der Waals surface area contributed by atoms with E-state index in [0.717, 1.165) is 26.2 Å². The molecule has 0 atom stereocenters. The summed E-state index contributed by atoms with van der Waals surface area (Å²) in [6, 6.07) is 19.3. The number of nitrogens with zero attached hydrogens (tertiary/aromatic N) is 2. The lowest BCUT2D eigenvalue weighted by Gasteiger charge is -2.06. The van der Waals surface area contributed by atoms with Crippen LogP contribution in [0.15, 0.2) is 73.1 Å². The molecule has 0 spiro atoms. The van der Waals surface area contributed by atoms with Crippen molar-refractivity contribution in [1.29, 1.82) is 0 Å². The lowest BCUT2D eigenvalue weighted by molar-refractivity contribution is 0.102. The van der Waals surface area contributed by atoms with Gasteiger partial charge >= 0.3 is 0 Å². The first-order chi connectivity index (χ1) is 12.6. The van der Waals surface area contributed by atoms with Crippen LogP contribution in [0.25, 0.3) is 16.9 Å². The van der Waals surface area contributed by atoms with Gasteiger partial charge in [-0.2, -0.15) is 0 Å². The summed E-state index contributed by atoms with van der Waals surface area (Å²) in [4.78, 5) is 17.0. The third-order valence-corrected chi connectivity index (χ3v) is 4.88. The summed E-state index contributed by atoms with van der Waals surface area (Å²) < 4.78 is 3.11. The van der Waals surface area contributed by atoms with E-state index >= 15 is 0 Å². The molecule has 1 amide bonds. The SMILES string of the molecule is Cc1ccn2cc(-c3ccc(NC(=O)c4ccc(I)cc4)cc3)nc2c1. The molecule has 0 bridgehead atoms. The van der Waals surface area contributed by atoms with E-state index in [1.807, 2.05) is 65.3 Å². The van der Waals surface area contributed by atoms with Crippen LogP contribution >= 0.6 is 22.6 Å². The van der Waals surface area contributed by atoms with Crippen LogP contribution in [0.2, 0.25) is 0 Å². The van der Waals surface area contributed by atoms with Crippen molar-refractivity contribution in [2.24, 2.45) is 0 Å². The van der Waals surface area contributed by atoms with Gasteiger partial charge in [-0.15, -0.1) is 0 Å². The second-order valence-corrected chi connectivity index (χ2v) is 7.38. The molecule has 0 fully saturated rings. The molecule has 0 aliphatic rings. The van der Waals surface area contributed by atoms with Gasteiger partial charge in [0, 0.05) is 32.8 Å². The molecule has 0 aliphatic heterocycles. The highest BCUT2D eigenvalue weighted by Crippen LogP contribution is 2.22. The number of halogens is 1. The number of carbonyl (C=O) groups is 1. The Morgan fingerprint density at radius 2 is 1.77 bits per heavy atom. The van der Waals surface area contributed by atoms with Gasteiger partial charge < -0.3 is 9.72 Å². The molecule has 4 aromatic rings. The van der Waals surface area contributed by atoms with Gasteiger partial charge in [-0.05, 0) is 83.6 Å². The number of pyridine rings is 1. The highest BCUT2D eigenvalue weighted by atomic mass is 127. The normalized spacial score (nSPS) is 10.8. The molecule has 4 nitrogen and oxygen atoms in total. The van der Waals surface area contributed by atoms with Gasteiger partial charge in [0.25, 0.3) is 5.91 Å². The van der Waals surface area contributed by atoms with Crippen LogP contribution in [0.4, 0.5) is 5.69 Å². The number of amides is 1. The molecule has 0 aliphatic carbocycles. The van der Waals surface area contributed by atoms with Crippen LogP contribution in [0, 0.1) is 10.5 Å². The zero-order chi connectivity index (χ0) is 18.1. The van der Waals surface area contributed by atoms with Gasteiger partial charge in [0.15, 0.2) is 0 Å². The average Bonchev–Trinajstić information content (AvgIpc) is 3.06. The lowest BCUT2D eigenvalue weighted by Crippen LogP contribution is -2.11. The van der Waals surface area contributed by atoms with E-state index < -0.39 is 0 Å². The molecule has 1 N–H and O–H groups in total. The Morgan fingerprint density at radius 3 is 2.50 bits per heavy atom. The minimum atomic E-state index is -0.114. The maximum Gasteiger partial charge on any atom is 0.255 e. The standard InChI is InChI=1S/C21H16IN3O/c1-14-10-11-25-13-19(24-20(25)12-14)15-4-8-18(9-5-15)23-21(26)16-2-6-17(22)7-3-16/h2-13H,1H3,(H,23,26). The summed E-state index contributed by atoms with van der Waals surface area (Å²) >= 11 is 2.22. The van der Waals surface area contributed by atoms with Crippen molar-refractivity contribution in [3.63, 3.8) is 0 Å². The van der Waals surface area contributed by atoms with Crippen molar-refractivity contribution in [3.05, 3.63) is 87.8 Å².